The van der Waals surface area contributed by atoms with Crippen LogP contribution in [-0.4, -0.2) is 12.6 Å². The predicted octanol–water partition coefficient (Wildman–Crippen LogP) is 4.74. The largest absolute Gasteiger partial charge is 0.462 e. The molecule has 1 saturated carbocycles. The van der Waals surface area contributed by atoms with E-state index in [9.17, 15) is 4.79 Å². The van der Waals surface area contributed by atoms with E-state index >= 15 is 0 Å². The summed E-state index contributed by atoms with van der Waals surface area (Å²) in [5.41, 5.74) is 0.495. The van der Waals surface area contributed by atoms with Crippen LogP contribution >= 0.6 is 0 Å². The topological polar surface area (TPSA) is 26.3 Å². The molecule has 0 aliphatic heterocycles. The van der Waals surface area contributed by atoms with E-state index in [-0.39, 0.29) is 5.97 Å². The van der Waals surface area contributed by atoms with Crippen molar-refractivity contribution in [1.29, 1.82) is 0 Å². The molecule has 0 amide bonds. The van der Waals surface area contributed by atoms with Crippen LogP contribution in [0.3, 0.4) is 0 Å². The number of esters is 1. The number of hydrogen-bond donors (Lipinski definition) is 0. The fraction of sp³-hybridized carbons (Fsp3) is 0.824. The second kappa shape index (κ2) is 8.39. The van der Waals surface area contributed by atoms with Crippen molar-refractivity contribution in [2.24, 2.45) is 17.8 Å². The van der Waals surface area contributed by atoms with E-state index in [1.807, 2.05) is 0 Å². The summed E-state index contributed by atoms with van der Waals surface area (Å²) in [5.74, 6) is 2.40. The van der Waals surface area contributed by atoms with Gasteiger partial charge in [0.15, 0.2) is 0 Å². The highest BCUT2D eigenvalue weighted by molar-refractivity contribution is 5.86. The Hall–Kier alpha value is -0.790. The maximum absolute atomic E-state index is 11.2. The molecule has 0 saturated heterocycles. The quantitative estimate of drug-likeness (QED) is 0.378. The van der Waals surface area contributed by atoms with Gasteiger partial charge in [-0.25, -0.2) is 4.79 Å². The van der Waals surface area contributed by atoms with Crippen LogP contribution in [-0.2, 0) is 9.53 Å². The summed E-state index contributed by atoms with van der Waals surface area (Å²) >= 11 is 0. The van der Waals surface area contributed by atoms with Crippen LogP contribution in [0.25, 0.3) is 0 Å². The van der Waals surface area contributed by atoms with Crippen molar-refractivity contribution in [3.05, 3.63) is 12.2 Å². The molecule has 0 atom stereocenters. The summed E-state index contributed by atoms with van der Waals surface area (Å²) in [4.78, 5) is 11.2. The average Bonchev–Trinajstić information content (AvgIpc) is 2.35. The Kier molecular flexibility index (Phi) is 7.19. The van der Waals surface area contributed by atoms with Gasteiger partial charge >= 0.3 is 5.97 Å². The molecule has 0 N–H and O–H groups in total. The van der Waals surface area contributed by atoms with Crippen LogP contribution in [0.4, 0.5) is 0 Å². The van der Waals surface area contributed by atoms with Crippen LogP contribution < -0.4 is 0 Å². The lowest BCUT2D eigenvalue weighted by Gasteiger charge is -2.29. The summed E-state index contributed by atoms with van der Waals surface area (Å²) in [6.07, 6.45) is 9.12. The molecule has 2 nitrogen and oxygen atoms in total. The molecule has 1 rings (SSSR count). The van der Waals surface area contributed by atoms with E-state index in [0.717, 1.165) is 24.2 Å². The van der Waals surface area contributed by atoms with Gasteiger partial charge in [0.1, 0.15) is 0 Å². The minimum Gasteiger partial charge on any atom is -0.462 e. The number of ether oxygens (including phenoxy) is 1. The van der Waals surface area contributed by atoms with Gasteiger partial charge in [-0.2, -0.15) is 0 Å². The molecule has 1 aliphatic rings. The van der Waals surface area contributed by atoms with Crippen LogP contribution in [0.1, 0.15) is 65.7 Å². The zero-order chi connectivity index (χ0) is 14.3. The summed E-state index contributed by atoms with van der Waals surface area (Å²) < 4.78 is 5.13. The predicted molar refractivity (Wildman–Crippen MR) is 79.9 cm³/mol. The van der Waals surface area contributed by atoms with E-state index in [4.69, 9.17) is 4.74 Å². The maximum Gasteiger partial charge on any atom is 0.333 e. The third-order valence-electron chi connectivity index (χ3n) is 4.11. The molecule has 1 fully saturated rings. The normalized spacial score (nSPS) is 23.4. The number of carbonyl (C=O) groups excluding carboxylic acids is 1. The Morgan fingerprint density at radius 2 is 1.79 bits per heavy atom. The van der Waals surface area contributed by atoms with Gasteiger partial charge in [0.25, 0.3) is 0 Å². The lowest BCUT2D eigenvalue weighted by Crippen LogP contribution is -2.16. The molecule has 0 heterocycles. The SMILES string of the molecule is C=C(C)C(=O)OCCCC1CCC(CC(C)C)CC1. The first-order valence-electron chi connectivity index (χ1n) is 7.81. The fourth-order valence-corrected chi connectivity index (χ4v) is 3.08. The van der Waals surface area contributed by atoms with Crippen molar-refractivity contribution >= 4 is 5.97 Å². The van der Waals surface area contributed by atoms with Gasteiger partial charge in [-0.1, -0.05) is 46.1 Å². The molecular formula is C17H30O2. The minimum atomic E-state index is -0.249. The van der Waals surface area contributed by atoms with E-state index in [2.05, 4.69) is 20.4 Å². The smallest absolute Gasteiger partial charge is 0.333 e. The van der Waals surface area contributed by atoms with E-state index < -0.39 is 0 Å². The van der Waals surface area contributed by atoms with Crippen LogP contribution in [0.2, 0.25) is 0 Å². The second-order valence-electron chi connectivity index (χ2n) is 6.57. The molecule has 2 heteroatoms. The van der Waals surface area contributed by atoms with Crippen molar-refractivity contribution in [2.45, 2.75) is 65.7 Å². The van der Waals surface area contributed by atoms with Crippen molar-refractivity contribution in [1.82, 2.24) is 0 Å². The molecule has 0 aromatic carbocycles. The zero-order valence-electron chi connectivity index (χ0n) is 12.9. The van der Waals surface area contributed by atoms with Gasteiger partial charge in [-0.05, 0) is 43.9 Å². The number of hydrogen-bond acceptors (Lipinski definition) is 2. The standard InChI is InChI=1S/C17H30O2/c1-13(2)12-16-9-7-15(8-10-16)6-5-11-19-17(18)14(3)4/h13,15-16H,3,5-12H2,1-2,4H3. The Labute approximate surface area is 118 Å². The van der Waals surface area contributed by atoms with E-state index in [1.165, 1.54) is 38.5 Å². The van der Waals surface area contributed by atoms with Crippen molar-refractivity contribution < 1.29 is 9.53 Å². The Balaban J connectivity index is 2.06. The lowest BCUT2D eigenvalue weighted by molar-refractivity contribution is -0.139. The molecule has 19 heavy (non-hydrogen) atoms. The third kappa shape index (κ3) is 6.79. The van der Waals surface area contributed by atoms with Gasteiger partial charge < -0.3 is 4.74 Å². The molecule has 0 radical (unpaired) electrons. The minimum absolute atomic E-state index is 0.249. The Morgan fingerprint density at radius 3 is 2.32 bits per heavy atom. The summed E-state index contributed by atoms with van der Waals surface area (Å²) in [5, 5.41) is 0. The van der Waals surface area contributed by atoms with Crippen molar-refractivity contribution in [2.75, 3.05) is 6.61 Å². The van der Waals surface area contributed by atoms with E-state index in [1.54, 1.807) is 6.92 Å². The monoisotopic (exact) mass is 266 g/mol. The Morgan fingerprint density at radius 1 is 1.21 bits per heavy atom. The first-order chi connectivity index (χ1) is 8.99. The molecule has 0 unspecified atom stereocenters. The highest BCUT2D eigenvalue weighted by atomic mass is 16.5. The molecule has 0 bridgehead atoms. The molecule has 1 aliphatic carbocycles. The van der Waals surface area contributed by atoms with Crippen molar-refractivity contribution in [3.8, 4) is 0 Å². The molecule has 0 aromatic heterocycles. The highest BCUT2D eigenvalue weighted by Gasteiger charge is 2.21. The highest BCUT2D eigenvalue weighted by Crippen LogP contribution is 2.34. The second-order valence-corrected chi connectivity index (χ2v) is 6.57. The maximum atomic E-state index is 11.2. The summed E-state index contributed by atoms with van der Waals surface area (Å²) in [6, 6.07) is 0. The van der Waals surface area contributed by atoms with Gasteiger partial charge in [0.2, 0.25) is 0 Å². The third-order valence-corrected chi connectivity index (χ3v) is 4.11. The van der Waals surface area contributed by atoms with Gasteiger partial charge in [-0.15, -0.1) is 0 Å². The van der Waals surface area contributed by atoms with Crippen LogP contribution in [0.5, 0.6) is 0 Å². The number of rotatable bonds is 7. The zero-order valence-corrected chi connectivity index (χ0v) is 12.9. The van der Waals surface area contributed by atoms with Gasteiger partial charge in [0, 0.05) is 5.57 Å². The Bertz CT molecular complexity index is 286. The van der Waals surface area contributed by atoms with Crippen LogP contribution in [0, 0.1) is 17.8 Å². The molecule has 0 spiro atoms. The van der Waals surface area contributed by atoms with Gasteiger partial charge in [-0.3, -0.25) is 0 Å². The first-order valence-corrected chi connectivity index (χ1v) is 7.81. The van der Waals surface area contributed by atoms with Crippen LogP contribution in [0.15, 0.2) is 12.2 Å². The molecule has 0 aromatic rings. The average molecular weight is 266 g/mol. The van der Waals surface area contributed by atoms with E-state index in [0.29, 0.717) is 12.2 Å². The molecular weight excluding hydrogens is 236 g/mol. The van der Waals surface area contributed by atoms with Crippen molar-refractivity contribution in [3.63, 3.8) is 0 Å². The van der Waals surface area contributed by atoms with Gasteiger partial charge in [0.05, 0.1) is 6.61 Å². The first kappa shape index (κ1) is 16.3. The summed E-state index contributed by atoms with van der Waals surface area (Å²) in [6.45, 7) is 10.5. The summed E-state index contributed by atoms with van der Waals surface area (Å²) in [7, 11) is 0. The fourth-order valence-electron chi connectivity index (χ4n) is 3.08. The molecule has 110 valence electrons. The number of carbonyl (C=O) groups is 1. The lowest BCUT2D eigenvalue weighted by atomic mass is 9.77.